The molecule has 0 saturated heterocycles. The average Bonchev–Trinajstić information content (AvgIpc) is 2.42. The Morgan fingerprint density at radius 1 is 1.50 bits per heavy atom. The van der Waals surface area contributed by atoms with E-state index in [0.717, 1.165) is 5.56 Å². The molecule has 1 aromatic rings. The zero-order chi connectivity index (χ0) is 15.1. The number of amides is 1. The van der Waals surface area contributed by atoms with E-state index in [-0.39, 0.29) is 17.7 Å². The Labute approximate surface area is 122 Å². The summed E-state index contributed by atoms with van der Waals surface area (Å²) in [6.07, 6.45) is 1.63. The molecule has 3 N–H and O–H groups in total. The van der Waals surface area contributed by atoms with E-state index < -0.39 is 10.8 Å². The summed E-state index contributed by atoms with van der Waals surface area (Å²) in [4.78, 5) is 12.2. The molecule has 0 aliphatic rings. The van der Waals surface area contributed by atoms with Crippen LogP contribution in [0.1, 0.15) is 28.4 Å². The molecular formula is C15H20N2O2S. The van der Waals surface area contributed by atoms with Gasteiger partial charge in [0.1, 0.15) is 0 Å². The first kappa shape index (κ1) is 16.4. The predicted molar refractivity (Wildman–Crippen MR) is 83.0 cm³/mol. The number of nitrogens with two attached hydrogens (primary N) is 1. The van der Waals surface area contributed by atoms with E-state index in [4.69, 9.17) is 5.73 Å². The van der Waals surface area contributed by atoms with Gasteiger partial charge in [-0.15, -0.1) is 0 Å². The Kier molecular flexibility index (Phi) is 6.43. The third-order valence-electron chi connectivity index (χ3n) is 2.86. The van der Waals surface area contributed by atoms with Gasteiger partial charge in [-0.3, -0.25) is 9.00 Å². The van der Waals surface area contributed by atoms with Crippen LogP contribution in [0.25, 0.3) is 0 Å². The second-order valence-corrected chi connectivity index (χ2v) is 6.38. The van der Waals surface area contributed by atoms with Crippen LogP contribution in [0.15, 0.2) is 18.2 Å². The van der Waals surface area contributed by atoms with Crippen molar-refractivity contribution in [1.29, 1.82) is 0 Å². The van der Waals surface area contributed by atoms with Crippen molar-refractivity contribution in [2.75, 3.05) is 19.3 Å². The molecule has 0 fully saturated rings. The van der Waals surface area contributed by atoms with Gasteiger partial charge in [-0.2, -0.15) is 0 Å². The molecule has 1 rings (SSSR count). The maximum Gasteiger partial charge on any atom is 0.252 e. The first-order valence-electron chi connectivity index (χ1n) is 6.35. The topological polar surface area (TPSA) is 72.2 Å². The van der Waals surface area contributed by atoms with Crippen molar-refractivity contribution in [2.24, 2.45) is 5.73 Å². The van der Waals surface area contributed by atoms with Gasteiger partial charge in [-0.1, -0.05) is 23.5 Å². The summed E-state index contributed by atoms with van der Waals surface area (Å²) in [5, 5.41) is 2.71. The molecular weight excluding hydrogens is 272 g/mol. The molecule has 2 unspecified atom stereocenters. The van der Waals surface area contributed by atoms with Crippen LogP contribution in [0.4, 0.5) is 0 Å². The molecule has 4 nitrogen and oxygen atoms in total. The standard InChI is InChI=1S/C15H20N2O2S/c1-11-6-7-13(5-4-8-16)14(9-11)15(18)17-10-12(2)20(3)19/h6-7,9,12H,8,10,16H2,1-3H3,(H,17,18). The zero-order valence-corrected chi connectivity index (χ0v) is 12.8. The van der Waals surface area contributed by atoms with Crippen molar-refractivity contribution in [3.63, 3.8) is 0 Å². The first-order valence-corrected chi connectivity index (χ1v) is 7.97. The van der Waals surface area contributed by atoms with Crippen molar-refractivity contribution >= 4 is 16.7 Å². The minimum atomic E-state index is -0.957. The summed E-state index contributed by atoms with van der Waals surface area (Å²) in [5.41, 5.74) is 7.53. The minimum absolute atomic E-state index is 0.0812. The molecule has 1 aromatic carbocycles. The van der Waals surface area contributed by atoms with E-state index in [9.17, 15) is 9.00 Å². The van der Waals surface area contributed by atoms with Crippen LogP contribution in [0.2, 0.25) is 0 Å². The summed E-state index contributed by atoms with van der Waals surface area (Å²) in [6.45, 7) is 4.38. The van der Waals surface area contributed by atoms with Crippen molar-refractivity contribution in [1.82, 2.24) is 5.32 Å². The lowest BCUT2D eigenvalue weighted by Crippen LogP contribution is -2.33. The van der Waals surface area contributed by atoms with Gasteiger partial charge in [-0.25, -0.2) is 0 Å². The van der Waals surface area contributed by atoms with Gasteiger partial charge in [0, 0.05) is 34.4 Å². The number of carbonyl (C=O) groups is 1. The smallest absolute Gasteiger partial charge is 0.252 e. The fourth-order valence-corrected chi connectivity index (χ4v) is 1.87. The third kappa shape index (κ3) is 4.80. The molecule has 1 amide bonds. The molecule has 0 aliphatic heterocycles. The van der Waals surface area contributed by atoms with E-state index in [1.54, 1.807) is 12.3 Å². The normalized spacial score (nSPS) is 13.0. The molecule has 0 aromatic heterocycles. The molecule has 0 bridgehead atoms. The van der Waals surface area contributed by atoms with Gasteiger partial charge in [-0.05, 0) is 26.0 Å². The fourth-order valence-electron chi connectivity index (χ4n) is 1.55. The maximum atomic E-state index is 12.2. The largest absolute Gasteiger partial charge is 0.351 e. The van der Waals surface area contributed by atoms with E-state index >= 15 is 0 Å². The number of hydrogen-bond acceptors (Lipinski definition) is 3. The zero-order valence-electron chi connectivity index (χ0n) is 12.0. The highest BCUT2D eigenvalue weighted by Crippen LogP contribution is 2.11. The van der Waals surface area contributed by atoms with Crippen molar-refractivity contribution in [3.8, 4) is 11.8 Å². The molecule has 0 radical (unpaired) electrons. The molecule has 108 valence electrons. The summed E-state index contributed by atoms with van der Waals surface area (Å²) >= 11 is 0. The van der Waals surface area contributed by atoms with Gasteiger partial charge >= 0.3 is 0 Å². The Bertz CT molecular complexity index is 573. The first-order chi connectivity index (χ1) is 9.45. The fraction of sp³-hybridized carbons (Fsp3) is 0.400. The molecule has 0 saturated carbocycles. The van der Waals surface area contributed by atoms with Gasteiger partial charge in [0.2, 0.25) is 0 Å². The summed E-state index contributed by atoms with van der Waals surface area (Å²) < 4.78 is 11.3. The maximum absolute atomic E-state index is 12.2. The Morgan fingerprint density at radius 2 is 2.20 bits per heavy atom. The Morgan fingerprint density at radius 3 is 2.80 bits per heavy atom. The number of carbonyl (C=O) groups excluding carboxylic acids is 1. The molecule has 0 heterocycles. The Hall–Kier alpha value is -1.64. The number of rotatable bonds is 4. The molecule has 20 heavy (non-hydrogen) atoms. The van der Waals surface area contributed by atoms with Gasteiger partial charge < -0.3 is 11.1 Å². The van der Waals surface area contributed by atoms with Crippen molar-refractivity contribution in [2.45, 2.75) is 19.1 Å². The molecule has 0 spiro atoms. The lowest BCUT2D eigenvalue weighted by Gasteiger charge is -2.11. The third-order valence-corrected chi connectivity index (χ3v) is 4.16. The SMILES string of the molecule is Cc1ccc(C#CCN)c(C(=O)NCC(C)S(C)=O)c1. The van der Waals surface area contributed by atoms with Crippen LogP contribution >= 0.6 is 0 Å². The van der Waals surface area contributed by atoms with Crippen LogP contribution in [0.5, 0.6) is 0 Å². The van der Waals surface area contributed by atoms with Crippen LogP contribution in [0.3, 0.4) is 0 Å². The number of nitrogens with one attached hydrogen (secondary N) is 1. The van der Waals surface area contributed by atoms with Crippen LogP contribution < -0.4 is 11.1 Å². The highest BCUT2D eigenvalue weighted by Gasteiger charge is 2.13. The Balaban J connectivity index is 2.91. The van der Waals surface area contributed by atoms with Gasteiger partial charge in [0.15, 0.2) is 0 Å². The molecule has 0 aliphatic carbocycles. The number of hydrogen-bond donors (Lipinski definition) is 2. The number of aryl methyl sites for hydroxylation is 1. The van der Waals surface area contributed by atoms with E-state index in [2.05, 4.69) is 17.2 Å². The lowest BCUT2D eigenvalue weighted by atomic mass is 10.0. The quantitative estimate of drug-likeness (QED) is 0.806. The molecule has 5 heteroatoms. The second-order valence-electron chi connectivity index (χ2n) is 4.57. The van der Waals surface area contributed by atoms with E-state index in [1.165, 1.54) is 0 Å². The highest BCUT2D eigenvalue weighted by atomic mass is 32.2. The van der Waals surface area contributed by atoms with Crippen LogP contribution in [-0.2, 0) is 10.8 Å². The van der Waals surface area contributed by atoms with Gasteiger partial charge in [0.05, 0.1) is 12.1 Å². The monoisotopic (exact) mass is 292 g/mol. The van der Waals surface area contributed by atoms with Crippen molar-refractivity contribution < 1.29 is 9.00 Å². The van der Waals surface area contributed by atoms with E-state index in [1.807, 2.05) is 26.0 Å². The second kappa shape index (κ2) is 7.83. The van der Waals surface area contributed by atoms with Crippen molar-refractivity contribution in [3.05, 3.63) is 34.9 Å². The minimum Gasteiger partial charge on any atom is -0.351 e. The summed E-state index contributed by atoms with van der Waals surface area (Å²) in [6, 6.07) is 5.51. The summed E-state index contributed by atoms with van der Waals surface area (Å²) in [7, 11) is -0.957. The predicted octanol–water partition coefficient (Wildman–Crippen LogP) is 0.802. The summed E-state index contributed by atoms with van der Waals surface area (Å²) in [5.74, 6) is 5.45. The lowest BCUT2D eigenvalue weighted by molar-refractivity contribution is 0.0954. The van der Waals surface area contributed by atoms with Crippen LogP contribution in [-0.4, -0.2) is 34.7 Å². The molecule has 2 atom stereocenters. The van der Waals surface area contributed by atoms with Gasteiger partial charge in [0.25, 0.3) is 5.91 Å². The number of benzene rings is 1. The average molecular weight is 292 g/mol. The highest BCUT2D eigenvalue weighted by molar-refractivity contribution is 7.84. The van der Waals surface area contributed by atoms with Crippen LogP contribution in [0, 0.1) is 18.8 Å². The van der Waals surface area contributed by atoms with E-state index in [0.29, 0.717) is 17.7 Å².